The first-order valence-electron chi connectivity index (χ1n) is 12.6. The number of nitrogens with one attached hydrogen (secondary N) is 2. The second kappa shape index (κ2) is 11.0. The van der Waals surface area contributed by atoms with Crippen LogP contribution in [0.2, 0.25) is 0 Å². The lowest BCUT2D eigenvalue weighted by Gasteiger charge is -2.47. The Bertz CT molecular complexity index is 947. The normalized spacial score (nSPS) is 24.9. The molecule has 5 unspecified atom stereocenters. The van der Waals surface area contributed by atoms with Crippen LogP contribution in [0.15, 0.2) is 18.2 Å². The van der Waals surface area contributed by atoms with Crippen LogP contribution in [0.3, 0.4) is 0 Å². The van der Waals surface area contributed by atoms with Crippen LogP contribution in [0.5, 0.6) is 5.75 Å². The number of carbonyl (C=O) groups excluding carboxylic acids is 2. The van der Waals surface area contributed by atoms with Gasteiger partial charge in [0, 0.05) is 29.8 Å². The van der Waals surface area contributed by atoms with Gasteiger partial charge in [-0.25, -0.2) is 0 Å². The van der Waals surface area contributed by atoms with Gasteiger partial charge in [0.15, 0.2) is 6.04 Å². The number of aromatic hydroxyl groups is 1. The maximum atomic E-state index is 14.0. The number of hydrogen-bond acceptors (Lipinski definition) is 5. The van der Waals surface area contributed by atoms with Crippen LogP contribution in [0, 0.1) is 18.8 Å². The van der Waals surface area contributed by atoms with Crippen molar-refractivity contribution in [2.75, 3.05) is 13.1 Å². The highest BCUT2D eigenvalue weighted by Gasteiger charge is 2.48. The Balaban J connectivity index is 1.81. The van der Waals surface area contributed by atoms with Crippen LogP contribution < -0.4 is 10.6 Å². The average molecular weight is 514 g/mol. The lowest BCUT2D eigenvalue weighted by Crippen LogP contribution is -2.62. The number of benzene rings is 1. The fourth-order valence-corrected chi connectivity index (χ4v) is 5.46. The zero-order chi connectivity index (χ0) is 26.8. The monoisotopic (exact) mass is 513 g/mol. The third-order valence-corrected chi connectivity index (χ3v) is 7.30. The highest BCUT2D eigenvalue weighted by molar-refractivity contribution is 5.96. The molecule has 1 aromatic rings. The first-order chi connectivity index (χ1) is 16.7. The molecule has 36 heavy (non-hydrogen) atoms. The van der Waals surface area contributed by atoms with Gasteiger partial charge in [-0.05, 0) is 64.5 Å². The molecule has 0 radical (unpaired) electrons. The van der Waals surface area contributed by atoms with E-state index in [1.165, 1.54) is 25.1 Å². The van der Waals surface area contributed by atoms with Gasteiger partial charge in [-0.1, -0.05) is 25.3 Å². The lowest BCUT2D eigenvalue weighted by atomic mass is 9.72. The second-order valence-electron chi connectivity index (χ2n) is 11.3. The number of piperidine rings is 1. The minimum Gasteiger partial charge on any atom is -0.508 e. The van der Waals surface area contributed by atoms with Gasteiger partial charge in [-0.15, -0.1) is 0 Å². The number of aliphatic hydroxyl groups excluding tert-OH is 1. The van der Waals surface area contributed by atoms with E-state index in [4.69, 9.17) is 0 Å². The lowest BCUT2D eigenvalue weighted by molar-refractivity contribution is -0.179. The average Bonchev–Trinajstić information content (AvgIpc) is 2.76. The molecule has 1 heterocycles. The standard InChI is InChI=1S/C26H38F3N3O4/c1-15-18(10-7-11-20(15)33)23(35)30-22(26(27,28)29)21(34)14-32-13-17-9-6-5-8-16(17)12-19(32)24(36)31-25(2,3)4/h7,10-11,16-17,19,21-22,33-34H,5-6,8-9,12-14H2,1-4H3,(H,30,35)(H,31,36). The molecule has 1 saturated heterocycles. The number of β-amino-alcohol motifs (C(OH)–C–C–N with tert-alkyl or cyclic N) is 1. The van der Waals surface area contributed by atoms with Crippen LogP contribution in [0.4, 0.5) is 13.2 Å². The molecule has 2 aliphatic rings. The molecule has 1 aliphatic heterocycles. The predicted octanol–water partition coefficient (Wildman–Crippen LogP) is 3.52. The number of likely N-dealkylation sites (tertiary alicyclic amines) is 1. The maximum Gasteiger partial charge on any atom is 0.411 e. The number of aliphatic hydroxyl groups is 1. The molecule has 7 nitrogen and oxygen atoms in total. The van der Waals surface area contributed by atoms with Gasteiger partial charge in [0.1, 0.15) is 5.75 Å². The van der Waals surface area contributed by atoms with Crippen LogP contribution >= 0.6 is 0 Å². The Morgan fingerprint density at radius 3 is 2.39 bits per heavy atom. The molecule has 10 heteroatoms. The number of phenolic OH excluding ortho intramolecular Hbond substituents is 1. The Kier molecular flexibility index (Phi) is 8.60. The minimum absolute atomic E-state index is 0.109. The fourth-order valence-electron chi connectivity index (χ4n) is 5.46. The van der Waals surface area contributed by atoms with Crippen LogP contribution in [0.25, 0.3) is 0 Å². The van der Waals surface area contributed by atoms with Crippen molar-refractivity contribution in [1.82, 2.24) is 15.5 Å². The van der Waals surface area contributed by atoms with Crippen molar-refractivity contribution < 1.29 is 33.0 Å². The van der Waals surface area contributed by atoms with Gasteiger partial charge in [-0.3, -0.25) is 14.5 Å². The Morgan fingerprint density at radius 2 is 1.78 bits per heavy atom. The molecule has 1 aliphatic carbocycles. The van der Waals surface area contributed by atoms with Crippen molar-refractivity contribution >= 4 is 11.8 Å². The molecule has 4 N–H and O–H groups in total. The number of rotatable bonds is 6. The van der Waals surface area contributed by atoms with E-state index in [2.05, 4.69) is 5.32 Å². The van der Waals surface area contributed by atoms with Crippen LogP contribution in [-0.4, -0.2) is 69.9 Å². The number of hydrogen-bond donors (Lipinski definition) is 4. The number of carbonyl (C=O) groups is 2. The molecule has 202 valence electrons. The largest absolute Gasteiger partial charge is 0.508 e. The van der Waals surface area contributed by atoms with Gasteiger partial charge in [0.2, 0.25) is 5.91 Å². The fraction of sp³-hybridized carbons (Fsp3) is 0.692. The van der Waals surface area contributed by atoms with Gasteiger partial charge in [0.25, 0.3) is 5.91 Å². The topological polar surface area (TPSA) is 102 Å². The van der Waals surface area contributed by atoms with E-state index in [9.17, 15) is 33.0 Å². The minimum atomic E-state index is -4.92. The summed E-state index contributed by atoms with van der Waals surface area (Å²) in [5.74, 6) is -0.928. The molecule has 5 atom stereocenters. The van der Waals surface area contributed by atoms with Crippen molar-refractivity contribution in [2.24, 2.45) is 11.8 Å². The zero-order valence-corrected chi connectivity index (χ0v) is 21.4. The number of alkyl halides is 3. The maximum absolute atomic E-state index is 14.0. The molecule has 1 saturated carbocycles. The molecule has 0 spiro atoms. The van der Waals surface area contributed by atoms with Crippen LogP contribution in [0.1, 0.15) is 68.8 Å². The van der Waals surface area contributed by atoms with E-state index >= 15 is 0 Å². The summed E-state index contributed by atoms with van der Waals surface area (Å²) < 4.78 is 42.0. The van der Waals surface area contributed by atoms with Crippen molar-refractivity contribution in [3.05, 3.63) is 29.3 Å². The SMILES string of the molecule is Cc1c(O)cccc1C(=O)NC(C(O)CN1CC2CCCCC2CC1C(=O)NC(C)(C)C)C(F)(F)F. The molecule has 0 aromatic heterocycles. The highest BCUT2D eigenvalue weighted by Crippen LogP contribution is 2.39. The highest BCUT2D eigenvalue weighted by atomic mass is 19.4. The Hall–Kier alpha value is -2.33. The van der Waals surface area contributed by atoms with Crippen LogP contribution in [-0.2, 0) is 4.79 Å². The number of halogens is 3. The van der Waals surface area contributed by atoms with E-state index in [0.29, 0.717) is 18.9 Å². The summed E-state index contributed by atoms with van der Waals surface area (Å²) in [6, 6.07) is 0.812. The predicted molar refractivity (Wildman–Crippen MR) is 129 cm³/mol. The first-order valence-corrected chi connectivity index (χ1v) is 12.6. The molecule has 1 aromatic carbocycles. The number of phenols is 1. The van der Waals surface area contributed by atoms with Crippen molar-refractivity contribution in [3.8, 4) is 5.75 Å². The van der Waals surface area contributed by atoms with Gasteiger partial charge in [-0.2, -0.15) is 13.2 Å². The summed E-state index contributed by atoms with van der Waals surface area (Å²) in [5, 5.41) is 25.5. The molecular weight excluding hydrogens is 475 g/mol. The van der Waals surface area contributed by atoms with Crippen molar-refractivity contribution in [3.63, 3.8) is 0 Å². The number of fused-ring (bicyclic) bond motifs is 1. The zero-order valence-electron chi connectivity index (χ0n) is 21.4. The van der Waals surface area contributed by atoms with E-state index in [1.54, 1.807) is 4.90 Å². The van der Waals surface area contributed by atoms with E-state index in [0.717, 1.165) is 25.7 Å². The third kappa shape index (κ3) is 6.91. The van der Waals surface area contributed by atoms with Gasteiger partial charge < -0.3 is 20.8 Å². The Morgan fingerprint density at radius 1 is 1.14 bits per heavy atom. The van der Waals surface area contributed by atoms with Gasteiger partial charge >= 0.3 is 6.18 Å². The summed E-state index contributed by atoms with van der Waals surface area (Å²) in [6.07, 6.45) is -2.32. The summed E-state index contributed by atoms with van der Waals surface area (Å²) in [6.45, 7) is 6.97. The molecular formula is C26H38F3N3O4. The third-order valence-electron chi connectivity index (χ3n) is 7.30. The summed E-state index contributed by atoms with van der Waals surface area (Å²) in [4.78, 5) is 27.5. The van der Waals surface area contributed by atoms with E-state index in [-0.39, 0.29) is 28.7 Å². The van der Waals surface area contributed by atoms with E-state index in [1.807, 2.05) is 26.1 Å². The van der Waals surface area contributed by atoms with E-state index < -0.39 is 42.4 Å². The molecule has 2 amide bonds. The first kappa shape index (κ1) is 28.2. The van der Waals surface area contributed by atoms with Gasteiger partial charge in [0.05, 0.1) is 12.1 Å². The summed E-state index contributed by atoms with van der Waals surface area (Å²) in [5.41, 5.74) is -0.475. The second-order valence-corrected chi connectivity index (χ2v) is 11.3. The number of nitrogens with zero attached hydrogens (tertiary/aromatic N) is 1. The summed E-state index contributed by atoms with van der Waals surface area (Å²) in [7, 11) is 0. The Labute approximate surface area is 210 Å². The quantitative estimate of drug-likeness (QED) is 0.466. The number of amides is 2. The van der Waals surface area contributed by atoms with Crippen molar-refractivity contribution in [2.45, 2.75) is 89.7 Å². The molecule has 3 rings (SSSR count). The smallest absolute Gasteiger partial charge is 0.411 e. The summed E-state index contributed by atoms with van der Waals surface area (Å²) >= 11 is 0. The molecule has 2 fully saturated rings. The van der Waals surface area contributed by atoms with Crippen molar-refractivity contribution in [1.29, 1.82) is 0 Å². The molecule has 0 bridgehead atoms.